The molecule has 3 unspecified atom stereocenters. The van der Waals surface area contributed by atoms with Crippen LogP contribution < -0.4 is 33.2 Å². The quantitative estimate of drug-likeness (QED) is 0.0993. The summed E-state index contributed by atoms with van der Waals surface area (Å²) < 4.78 is 0. The number of nitrogens with one attached hydrogen (secondary N) is 3. The van der Waals surface area contributed by atoms with Crippen LogP contribution in [-0.4, -0.2) is 66.0 Å². The van der Waals surface area contributed by atoms with Gasteiger partial charge in [0.1, 0.15) is 12.1 Å². The first kappa shape index (κ1) is 26.4. The Bertz CT molecular complexity index is 812. The van der Waals surface area contributed by atoms with Gasteiger partial charge in [0.15, 0.2) is 5.96 Å². The number of carbonyl (C=O) groups is 4. The topological polar surface area (TPSA) is 215 Å². The molecule has 0 aliphatic heterocycles. The summed E-state index contributed by atoms with van der Waals surface area (Å²) >= 11 is 0. The molecule has 0 aromatic heterocycles. The van der Waals surface area contributed by atoms with E-state index in [9.17, 15) is 24.3 Å². The predicted molar refractivity (Wildman–Crippen MR) is 118 cm³/mol. The first-order valence-corrected chi connectivity index (χ1v) is 10.0. The van der Waals surface area contributed by atoms with Crippen molar-refractivity contribution < 1.29 is 24.3 Å². The van der Waals surface area contributed by atoms with Crippen molar-refractivity contribution in [2.45, 2.75) is 44.3 Å². The van der Waals surface area contributed by atoms with E-state index in [4.69, 9.17) is 17.2 Å². The molecule has 0 heterocycles. The van der Waals surface area contributed by atoms with Crippen LogP contribution in [0.4, 0.5) is 0 Å². The van der Waals surface area contributed by atoms with Gasteiger partial charge in [-0.1, -0.05) is 30.3 Å². The third-order valence-electron chi connectivity index (χ3n) is 4.40. The smallest absolute Gasteiger partial charge is 0.326 e. The number of aliphatic imine (C=N–C) groups is 1. The van der Waals surface area contributed by atoms with Crippen LogP contribution in [0, 0.1) is 0 Å². The summed E-state index contributed by atoms with van der Waals surface area (Å²) in [5.74, 6) is -3.06. The molecule has 0 radical (unpaired) electrons. The van der Waals surface area contributed by atoms with Crippen LogP contribution in [0.3, 0.4) is 0 Å². The lowest BCUT2D eigenvalue weighted by atomic mass is 10.1. The maximum atomic E-state index is 12.3. The van der Waals surface area contributed by atoms with Gasteiger partial charge in [-0.3, -0.25) is 19.4 Å². The van der Waals surface area contributed by atoms with Gasteiger partial charge in [-0.05, 0) is 25.3 Å². The molecule has 1 aromatic carbocycles. The van der Waals surface area contributed by atoms with E-state index in [0.717, 1.165) is 5.56 Å². The Balaban J connectivity index is 2.42. The fourth-order valence-electron chi connectivity index (χ4n) is 2.65. The third-order valence-corrected chi connectivity index (χ3v) is 4.40. The summed E-state index contributed by atoms with van der Waals surface area (Å²) in [6.07, 6.45) is 0.907. The number of hydrogen-bond acceptors (Lipinski definition) is 6. The van der Waals surface area contributed by atoms with E-state index in [-0.39, 0.29) is 18.9 Å². The van der Waals surface area contributed by atoms with Crippen molar-refractivity contribution in [3.8, 4) is 0 Å². The SMILES string of the molecule is CC(NC(=O)CNC(=O)C(N)CCCN=C(N)N)C(=O)NC(Cc1ccccc1)C(=O)O. The van der Waals surface area contributed by atoms with Gasteiger partial charge in [0, 0.05) is 13.0 Å². The Hall–Kier alpha value is -3.67. The lowest BCUT2D eigenvalue weighted by Gasteiger charge is -2.19. The maximum Gasteiger partial charge on any atom is 0.326 e. The number of nitrogens with two attached hydrogens (primary N) is 3. The van der Waals surface area contributed by atoms with Crippen molar-refractivity contribution in [1.29, 1.82) is 0 Å². The third kappa shape index (κ3) is 10.4. The second-order valence-electron chi connectivity index (χ2n) is 7.15. The van der Waals surface area contributed by atoms with E-state index in [0.29, 0.717) is 19.4 Å². The van der Waals surface area contributed by atoms with Crippen LogP contribution in [0.5, 0.6) is 0 Å². The van der Waals surface area contributed by atoms with Gasteiger partial charge in [0.25, 0.3) is 0 Å². The van der Waals surface area contributed by atoms with Crippen molar-refractivity contribution in [2.75, 3.05) is 13.1 Å². The van der Waals surface area contributed by atoms with E-state index in [1.54, 1.807) is 30.3 Å². The zero-order valence-electron chi connectivity index (χ0n) is 17.9. The number of hydrogen-bond donors (Lipinski definition) is 7. The van der Waals surface area contributed by atoms with Crippen LogP contribution in [0.2, 0.25) is 0 Å². The summed E-state index contributed by atoms with van der Waals surface area (Å²) in [5.41, 5.74) is 16.9. The Labute approximate surface area is 186 Å². The molecule has 176 valence electrons. The van der Waals surface area contributed by atoms with Crippen molar-refractivity contribution in [1.82, 2.24) is 16.0 Å². The van der Waals surface area contributed by atoms with Crippen LogP contribution in [0.1, 0.15) is 25.3 Å². The molecule has 0 aliphatic rings. The Morgan fingerprint density at radius 2 is 1.72 bits per heavy atom. The molecule has 32 heavy (non-hydrogen) atoms. The molecule has 12 nitrogen and oxygen atoms in total. The van der Waals surface area contributed by atoms with Gasteiger partial charge in [0.2, 0.25) is 17.7 Å². The van der Waals surface area contributed by atoms with E-state index in [1.807, 2.05) is 0 Å². The summed E-state index contributed by atoms with van der Waals surface area (Å²) in [6.45, 7) is 1.36. The van der Waals surface area contributed by atoms with Gasteiger partial charge in [-0.15, -0.1) is 0 Å². The summed E-state index contributed by atoms with van der Waals surface area (Å²) in [7, 11) is 0. The second-order valence-corrected chi connectivity index (χ2v) is 7.15. The van der Waals surface area contributed by atoms with Gasteiger partial charge in [-0.25, -0.2) is 4.79 Å². The molecule has 0 saturated carbocycles. The highest BCUT2D eigenvalue weighted by Gasteiger charge is 2.24. The Kier molecular flexibility index (Phi) is 11.2. The molecule has 1 aromatic rings. The number of carbonyl (C=O) groups excluding carboxylic acids is 3. The summed E-state index contributed by atoms with van der Waals surface area (Å²) in [4.78, 5) is 51.5. The molecule has 0 aliphatic carbocycles. The van der Waals surface area contributed by atoms with E-state index in [1.165, 1.54) is 6.92 Å². The van der Waals surface area contributed by atoms with Crippen molar-refractivity contribution in [2.24, 2.45) is 22.2 Å². The van der Waals surface area contributed by atoms with Crippen LogP contribution in [0.15, 0.2) is 35.3 Å². The van der Waals surface area contributed by atoms with Gasteiger partial charge >= 0.3 is 5.97 Å². The molecular formula is C20H31N7O5. The first-order chi connectivity index (χ1) is 15.1. The molecule has 1 rings (SSSR count). The average Bonchev–Trinajstić information content (AvgIpc) is 2.74. The second kappa shape index (κ2) is 13.6. The van der Waals surface area contributed by atoms with E-state index < -0.39 is 41.8 Å². The number of benzene rings is 1. The van der Waals surface area contributed by atoms with Gasteiger partial charge < -0.3 is 38.3 Å². The lowest BCUT2D eigenvalue weighted by molar-refractivity contribution is -0.142. The minimum Gasteiger partial charge on any atom is -0.480 e. The number of guanidine groups is 1. The Morgan fingerprint density at radius 3 is 2.31 bits per heavy atom. The number of rotatable bonds is 13. The standard InChI is InChI=1S/C20H31N7O5/c1-12(17(29)27-15(19(31)32)10-13-6-3-2-4-7-13)26-16(28)11-25-18(30)14(21)8-5-9-24-20(22)23/h2-4,6-7,12,14-15H,5,8-11,21H2,1H3,(H,25,30)(H,26,28)(H,27,29)(H,31,32)(H4,22,23,24). The molecule has 0 bridgehead atoms. The lowest BCUT2D eigenvalue weighted by Crippen LogP contribution is -2.53. The van der Waals surface area contributed by atoms with Crippen molar-refractivity contribution in [3.05, 3.63) is 35.9 Å². The van der Waals surface area contributed by atoms with Crippen LogP contribution in [0.25, 0.3) is 0 Å². The molecule has 0 spiro atoms. The molecule has 0 saturated heterocycles. The van der Waals surface area contributed by atoms with Gasteiger partial charge in [0.05, 0.1) is 12.6 Å². The number of nitrogens with zero attached hydrogens (tertiary/aromatic N) is 1. The number of carboxylic acid groups (broad SMARTS) is 1. The minimum atomic E-state index is -1.19. The first-order valence-electron chi connectivity index (χ1n) is 10.0. The summed E-state index contributed by atoms with van der Waals surface area (Å²) in [6, 6.07) is 5.83. The Morgan fingerprint density at radius 1 is 1.06 bits per heavy atom. The highest BCUT2D eigenvalue weighted by atomic mass is 16.4. The predicted octanol–water partition coefficient (Wildman–Crippen LogP) is -2.20. The number of carboxylic acids is 1. The molecular weight excluding hydrogens is 418 g/mol. The summed E-state index contributed by atoms with van der Waals surface area (Å²) in [5, 5.41) is 16.6. The molecule has 3 atom stereocenters. The highest BCUT2D eigenvalue weighted by molar-refractivity contribution is 5.92. The minimum absolute atomic E-state index is 0.0485. The molecule has 10 N–H and O–H groups in total. The number of amides is 3. The van der Waals surface area contributed by atoms with E-state index in [2.05, 4.69) is 20.9 Å². The average molecular weight is 450 g/mol. The number of aliphatic carboxylic acids is 1. The normalized spacial score (nSPS) is 13.2. The monoisotopic (exact) mass is 449 g/mol. The largest absolute Gasteiger partial charge is 0.480 e. The maximum absolute atomic E-state index is 12.3. The van der Waals surface area contributed by atoms with Crippen molar-refractivity contribution in [3.63, 3.8) is 0 Å². The van der Waals surface area contributed by atoms with Crippen LogP contribution >= 0.6 is 0 Å². The van der Waals surface area contributed by atoms with Crippen LogP contribution in [-0.2, 0) is 25.6 Å². The zero-order chi connectivity index (χ0) is 24.1. The zero-order valence-corrected chi connectivity index (χ0v) is 17.9. The van der Waals surface area contributed by atoms with E-state index >= 15 is 0 Å². The van der Waals surface area contributed by atoms with Crippen molar-refractivity contribution >= 4 is 29.7 Å². The molecule has 12 heteroatoms. The van der Waals surface area contributed by atoms with Gasteiger partial charge in [-0.2, -0.15) is 0 Å². The molecule has 0 fully saturated rings. The highest BCUT2D eigenvalue weighted by Crippen LogP contribution is 2.04. The fourth-order valence-corrected chi connectivity index (χ4v) is 2.65. The molecule has 3 amide bonds. The fraction of sp³-hybridized carbons (Fsp3) is 0.450.